The fourth-order valence-electron chi connectivity index (χ4n) is 3.24. The van der Waals surface area contributed by atoms with Gasteiger partial charge in [0.1, 0.15) is 5.75 Å². The predicted octanol–water partition coefficient (Wildman–Crippen LogP) is 7.46. The molecule has 0 N–H and O–H groups in total. The number of carbonyl (C=O) groups is 2. The number of ketones is 1. The maximum absolute atomic E-state index is 12.6. The minimum atomic E-state index is -0.728. The van der Waals surface area contributed by atoms with Gasteiger partial charge in [-0.05, 0) is 30.5 Å². The molecule has 0 aliphatic rings. The Morgan fingerprint density at radius 1 is 0.900 bits per heavy atom. The molecule has 0 saturated carbocycles. The number of hydrogen-bond donors (Lipinski definition) is 0. The molecule has 1 unspecified atom stereocenters. The van der Waals surface area contributed by atoms with Crippen LogP contribution in [0.15, 0.2) is 48.5 Å². The third-order valence-electron chi connectivity index (χ3n) is 5.32. The Morgan fingerprint density at radius 3 is 2.30 bits per heavy atom. The Labute approximate surface area is 180 Å². The van der Waals surface area contributed by atoms with Gasteiger partial charge in [0.15, 0.2) is 5.78 Å². The fraction of sp³-hybridized carbons (Fsp3) is 0.462. The molecule has 0 heterocycles. The summed E-state index contributed by atoms with van der Waals surface area (Å²) in [6.45, 7) is 6.42. The van der Waals surface area contributed by atoms with Crippen molar-refractivity contribution in [3.8, 4) is 16.9 Å². The van der Waals surface area contributed by atoms with E-state index in [2.05, 4.69) is 6.92 Å². The summed E-state index contributed by atoms with van der Waals surface area (Å²) in [7, 11) is 0. The smallest absolute Gasteiger partial charge is 0.434 e. The standard InChI is InChI=1S/C26H34O4/c1-4-6-7-8-9-13-18-29-26(28)30-24-19-22(25(27)20(3)5-2)16-17-23(24)21-14-11-10-12-15-21/h10-12,14-17,19-20H,4-9,13,18H2,1-3H3. The van der Waals surface area contributed by atoms with Crippen molar-refractivity contribution in [3.63, 3.8) is 0 Å². The molecule has 0 radical (unpaired) electrons. The molecule has 4 nitrogen and oxygen atoms in total. The van der Waals surface area contributed by atoms with Crippen LogP contribution < -0.4 is 4.74 Å². The van der Waals surface area contributed by atoms with Crippen LogP contribution in [0, 0.1) is 5.92 Å². The molecular weight excluding hydrogens is 376 g/mol. The van der Waals surface area contributed by atoms with Crippen LogP contribution in [-0.4, -0.2) is 18.5 Å². The minimum Gasteiger partial charge on any atom is -0.434 e. The summed E-state index contributed by atoms with van der Waals surface area (Å²) < 4.78 is 10.8. The quantitative estimate of drug-likeness (QED) is 0.158. The molecular formula is C26H34O4. The normalized spacial score (nSPS) is 11.7. The van der Waals surface area contributed by atoms with Gasteiger partial charge in [0.2, 0.25) is 0 Å². The lowest BCUT2D eigenvalue weighted by atomic mass is 9.94. The molecule has 2 aromatic carbocycles. The van der Waals surface area contributed by atoms with E-state index in [-0.39, 0.29) is 11.7 Å². The zero-order chi connectivity index (χ0) is 21.8. The highest BCUT2D eigenvalue weighted by Gasteiger charge is 2.18. The van der Waals surface area contributed by atoms with Crippen molar-refractivity contribution in [2.24, 2.45) is 5.92 Å². The Bertz CT molecular complexity index is 798. The van der Waals surface area contributed by atoms with Crippen LogP contribution in [0.5, 0.6) is 5.75 Å². The maximum Gasteiger partial charge on any atom is 0.513 e. The minimum absolute atomic E-state index is 0.0439. The zero-order valence-corrected chi connectivity index (χ0v) is 18.5. The third-order valence-corrected chi connectivity index (χ3v) is 5.32. The van der Waals surface area contributed by atoms with Gasteiger partial charge in [-0.2, -0.15) is 0 Å². The Hall–Kier alpha value is -2.62. The summed E-state index contributed by atoms with van der Waals surface area (Å²) >= 11 is 0. The van der Waals surface area contributed by atoms with Crippen molar-refractivity contribution in [3.05, 3.63) is 54.1 Å². The number of benzene rings is 2. The van der Waals surface area contributed by atoms with Gasteiger partial charge in [0.05, 0.1) is 6.61 Å². The molecule has 0 aliphatic heterocycles. The molecule has 0 spiro atoms. The molecule has 0 bridgehead atoms. The van der Waals surface area contributed by atoms with Gasteiger partial charge in [-0.15, -0.1) is 0 Å². The van der Waals surface area contributed by atoms with Crippen molar-refractivity contribution in [2.75, 3.05) is 6.61 Å². The highest BCUT2D eigenvalue weighted by atomic mass is 16.7. The predicted molar refractivity (Wildman–Crippen MR) is 121 cm³/mol. The Morgan fingerprint density at radius 2 is 1.60 bits per heavy atom. The van der Waals surface area contributed by atoms with E-state index in [9.17, 15) is 9.59 Å². The van der Waals surface area contributed by atoms with Gasteiger partial charge in [0.25, 0.3) is 0 Å². The van der Waals surface area contributed by atoms with E-state index in [0.29, 0.717) is 17.9 Å². The first-order chi connectivity index (χ1) is 14.6. The number of rotatable bonds is 12. The second kappa shape index (κ2) is 12.8. The van der Waals surface area contributed by atoms with Crippen LogP contribution >= 0.6 is 0 Å². The number of Topliss-reactive ketones (excluding diaryl/α,β-unsaturated/α-hetero) is 1. The van der Waals surface area contributed by atoms with E-state index in [0.717, 1.165) is 36.8 Å². The summed E-state index contributed by atoms with van der Waals surface area (Å²) in [5.41, 5.74) is 2.22. The highest BCUT2D eigenvalue weighted by Crippen LogP contribution is 2.32. The number of ether oxygens (including phenoxy) is 2. The molecule has 162 valence electrons. The molecule has 2 aromatic rings. The average Bonchev–Trinajstić information content (AvgIpc) is 2.78. The monoisotopic (exact) mass is 410 g/mol. The molecule has 0 amide bonds. The van der Waals surface area contributed by atoms with Crippen molar-refractivity contribution in [1.29, 1.82) is 0 Å². The molecule has 0 aliphatic carbocycles. The lowest BCUT2D eigenvalue weighted by Crippen LogP contribution is -2.14. The van der Waals surface area contributed by atoms with E-state index < -0.39 is 6.16 Å². The largest absolute Gasteiger partial charge is 0.513 e. The molecule has 2 rings (SSSR count). The second-order valence-electron chi connectivity index (χ2n) is 7.72. The van der Waals surface area contributed by atoms with Crippen LogP contribution in [0.3, 0.4) is 0 Å². The van der Waals surface area contributed by atoms with E-state index in [4.69, 9.17) is 9.47 Å². The topological polar surface area (TPSA) is 52.6 Å². The molecule has 0 fully saturated rings. The molecule has 1 atom stereocenters. The lowest BCUT2D eigenvalue weighted by molar-refractivity contribution is 0.0918. The molecule has 0 aromatic heterocycles. The van der Waals surface area contributed by atoms with Crippen LogP contribution in [0.1, 0.15) is 76.1 Å². The first-order valence-corrected chi connectivity index (χ1v) is 11.1. The first kappa shape index (κ1) is 23.7. The van der Waals surface area contributed by atoms with Crippen LogP contribution in [-0.2, 0) is 4.74 Å². The third kappa shape index (κ3) is 7.33. The van der Waals surface area contributed by atoms with Gasteiger partial charge in [0, 0.05) is 17.0 Å². The van der Waals surface area contributed by atoms with Gasteiger partial charge >= 0.3 is 6.16 Å². The summed E-state index contributed by atoms with van der Waals surface area (Å²) in [5, 5.41) is 0. The van der Waals surface area contributed by atoms with Crippen LogP contribution in [0.25, 0.3) is 11.1 Å². The van der Waals surface area contributed by atoms with Gasteiger partial charge in [-0.3, -0.25) is 4.79 Å². The molecule has 4 heteroatoms. The van der Waals surface area contributed by atoms with Gasteiger partial charge < -0.3 is 9.47 Å². The number of unbranched alkanes of at least 4 members (excludes halogenated alkanes) is 5. The summed E-state index contributed by atoms with van der Waals surface area (Å²) in [6.07, 6.45) is 6.74. The van der Waals surface area contributed by atoms with Crippen LogP contribution in [0.4, 0.5) is 4.79 Å². The van der Waals surface area contributed by atoms with E-state index in [1.165, 1.54) is 19.3 Å². The SMILES string of the molecule is CCCCCCCCOC(=O)Oc1cc(C(=O)C(C)CC)ccc1-c1ccccc1. The van der Waals surface area contributed by atoms with Crippen molar-refractivity contribution in [2.45, 2.75) is 65.7 Å². The lowest BCUT2D eigenvalue weighted by Gasteiger charge is -2.14. The van der Waals surface area contributed by atoms with E-state index in [1.54, 1.807) is 12.1 Å². The van der Waals surface area contributed by atoms with Crippen molar-refractivity contribution in [1.82, 2.24) is 0 Å². The fourth-order valence-corrected chi connectivity index (χ4v) is 3.24. The average molecular weight is 411 g/mol. The van der Waals surface area contributed by atoms with Crippen LogP contribution in [0.2, 0.25) is 0 Å². The van der Waals surface area contributed by atoms with Crippen molar-refractivity contribution >= 4 is 11.9 Å². The Kier molecular flexibility index (Phi) is 10.1. The first-order valence-electron chi connectivity index (χ1n) is 11.1. The molecule has 30 heavy (non-hydrogen) atoms. The van der Waals surface area contributed by atoms with E-state index in [1.807, 2.05) is 50.2 Å². The summed E-state index contributed by atoms with van der Waals surface area (Å²) in [5.74, 6) is 0.311. The van der Waals surface area contributed by atoms with Gasteiger partial charge in [-0.1, -0.05) is 89.3 Å². The highest BCUT2D eigenvalue weighted by molar-refractivity contribution is 5.99. The van der Waals surface area contributed by atoms with Gasteiger partial charge in [-0.25, -0.2) is 4.79 Å². The maximum atomic E-state index is 12.6. The zero-order valence-electron chi connectivity index (χ0n) is 18.5. The number of carbonyl (C=O) groups excluding carboxylic acids is 2. The molecule has 0 saturated heterocycles. The van der Waals surface area contributed by atoms with E-state index >= 15 is 0 Å². The summed E-state index contributed by atoms with van der Waals surface area (Å²) in [4.78, 5) is 24.9. The Balaban J connectivity index is 2.07. The van der Waals surface area contributed by atoms with Crippen molar-refractivity contribution < 1.29 is 19.1 Å². The summed E-state index contributed by atoms with van der Waals surface area (Å²) in [6, 6.07) is 15.0. The number of hydrogen-bond acceptors (Lipinski definition) is 4. The second-order valence-corrected chi connectivity index (χ2v) is 7.72.